The highest BCUT2D eigenvalue weighted by Crippen LogP contribution is 2.28. The van der Waals surface area contributed by atoms with E-state index in [9.17, 15) is 10.1 Å². The zero-order valence-corrected chi connectivity index (χ0v) is 15.6. The van der Waals surface area contributed by atoms with Gasteiger partial charge in [-0.2, -0.15) is 0 Å². The Morgan fingerprint density at radius 2 is 1.82 bits per heavy atom. The second-order valence-corrected chi connectivity index (χ2v) is 7.01. The average molecular weight is 392 g/mol. The summed E-state index contributed by atoms with van der Waals surface area (Å²) < 4.78 is 7.50. The number of nitrogens with zero attached hydrogens (tertiary/aromatic N) is 4. The summed E-state index contributed by atoms with van der Waals surface area (Å²) in [6.45, 7) is 0.598. The van der Waals surface area contributed by atoms with Gasteiger partial charge in [0.1, 0.15) is 0 Å². The van der Waals surface area contributed by atoms with Gasteiger partial charge in [-0.1, -0.05) is 54.2 Å². The molecule has 0 fully saturated rings. The van der Waals surface area contributed by atoms with Crippen LogP contribution in [0.3, 0.4) is 0 Å². The van der Waals surface area contributed by atoms with Gasteiger partial charge in [0, 0.05) is 17.9 Å². The Labute approximate surface area is 165 Å². The van der Waals surface area contributed by atoms with Gasteiger partial charge in [-0.25, -0.2) is 0 Å². The summed E-state index contributed by atoms with van der Waals surface area (Å²) in [5, 5.41) is 20.3. The molecule has 140 valence electrons. The van der Waals surface area contributed by atoms with E-state index in [1.807, 2.05) is 53.1 Å². The predicted octanol–water partition coefficient (Wildman–Crippen LogP) is 4.79. The molecule has 0 atom stereocenters. The normalized spacial score (nSPS) is 10.9. The van der Waals surface area contributed by atoms with Crippen LogP contribution in [0.4, 0.5) is 5.69 Å². The van der Waals surface area contributed by atoms with Crippen molar-refractivity contribution in [2.24, 2.45) is 0 Å². The summed E-state index contributed by atoms with van der Waals surface area (Å²) in [6.07, 6.45) is 1.60. The molecule has 0 unspecified atom stereocenters. The van der Waals surface area contributed by atoms with E-state index in [0.29, 0.717) is 23.9 Å². The molecule has 28 heavy (non-hydrogen) atoms. The molecule has 0 aliphatic rings. The minimum Gasteiger partial charge on any atom is -0.461 e. The minimum atomic E-state index is -0.388. The Morgan fingerprint density at radius 1 is 1.00 bits per heavy atom. The number of hydrogen-bond acceptors (Lipinski definition) is 6. The summed E-state index contributed by atoms with van der Waals surface area (Å²) in [5.74, 6) is 1.84. The predicted molar refractivity (Wildman–Crippen MR) is 106 cm³/mol. The zero-order chi connectivity index (χ0) is 19.3. The van der Waals surface area contributed by atoms with E-state index in [2.05, 4.69) is 10.2 Å². The number of hydrogen-bond donors (Lipinski definition) is 0. The van der Waals surface area contributed by atoms with Gasteiger partial charge in [0.15, 0.2) is 10.9 Å². The molecule has 7 nitrogen and oxygen atoms in total. The third-order valence-corrected chi connectivity index (χ3v) is 5.17. The second kappa shape index (κ2) is 8.10. The highest BCUT2D eigenvalue weighted by atomic mass is 32.2. The van der Waals surface area contributed by atoms with Crippen LogP contribution >= 0.6 is 11.8 Å². The quantitative estimate of drug-likeness (QED) is 0.255. The molecule has 2 aromatic heterocycles. The second-order valence-electron chi connectivity index (χ2n) is 6.07. The summed E-state index contributed by atoms with van der Waals surface area (Å²) >= 11 is 1.48. The molecule has 4 aromatic rings. The van der Waals surface area contributed by atoms with Gasteiger partial charge in [0.25, 0.3) is 5.69 Å². The fourth-order valence-electron chi connectivity index (χ4n) is 2.80. The zero-order valence-electron chi connectivity index (χ0n) is 14.8. The number of non-ortho nitro benzene ring substituents is 1. The molecule has 0 saturated carbocycles. The summed E-state index contributed by atoms with van der Waals surface area (Å²) in [6, 6.07) is 20.3. The van der Waals surface area contributed by atoms with E-state index >= 15 is 0 Å². The van der Waals surface area contributed by atoms with Gasteiger partial charge < -0.3 is 4.42 Å². The average Bonchev–Trinajstić information content (AvgIpc) is 3.37. The lowest BCUT2D eigenvalue weighted by Crippen LogP contribution is -2.04. The Morgan fingerprint density at radius 3 is 2.57 bits per heavy atom. The lowest BCUT2D eigenvalue weighted by Gasteiger charge is -2.09. The van der Waals surface area contributed by atoms with Crippen molar-refractivity contribution < 1.29 is 9.34 Å². The molecule has 2 heterocycles. The fraction of sp³-hybridized carbons (Fsp3) is 0.100. The smallest absolute Gasteiger partial charge is 0.269 e. The van der Waals surface area contributed by atoms with Crippen LogP contribution in [0, 0.1) is 10.1 Å². The van der Waals surface area contributed by atoms with E-state index in [0.717, 1.165) is 16.3 Å². The van der Waals surface area contributed by atoms with Crippen LogP contribution in [0.5, 0.6) is 0 Å². The number of rotatable bonds is 7. The van der Waals surface area contributed by atoms with Crippen LogP contribution in [0.15, 0.2) is 82.6 Å². The Hall–Kier alpha value is -3.39. The Balaban J connectivity index is 1.61. The van der Waals surface area contributed by atoms with Gasteiger partial charge in [0.05, 0.1) is 17.7 Å². The summed E-state index contributed by atoms with van der Waals surface area (Å²) in [5.41, 5.74) is 2.06. The number of thioether (sulfide) groups is 1. The first-order chi connectivity index (χ1) is 13.7. The van der Waals surface area contributed by atoms with Crippen molar-refractivity contribution in [3.8, 4) is 11.6 Å². The molecule has 0 N–H and O–H groups in total. The van der Waals surface area contributed by atoms with Crippen molar-refractivity contribution in [3.05, 3.63) is 94.2 Å². The van der Waals surface area contributed by atoms with Crippen LogP contribution in [0.1, 0.15) is 11.1 Å². The van der Waals surface area contributed by atoms with E-state index in [1.54, 1.807) is 18.4 Å². The third kappa shape index (κ3) is 3.96. The molecule has 8 heteroatoms. The van der Waals surface area contributed by atoms with Crippen molar-refractivity contribution in [2.75, 3.05) is 0 Å². The van der Waals surface area contributed by atoms with Crippen molar-refractivity contribution in [3.63, 3.8) is 0 Å². The topological polar surface area (TPSA) is 87.0 Å². The van der Waals surface area contributed by atoms with Gasteiger partial charge in [-0.15, -0.1) is 10.2 Å². The van der Waals surface area contributed by atoms with Crippen LogP contribution in [0.2, 0.25) is 0 Å². The van der Waals surface area contributed by atoms with Crippen molar-refractivity contribution in [1.29, 1.82) is 0 Å². The van der Waals surface area contributed by atoms with Crippen LogP contribution in [-0.4, -0.2) is 19.7 Å². The first-order valence-electron chi connectivity index (χ1n) is 8.58. The molecule has 4 rings (SSSR count). The molecule has 0 aliphatic heterocycles. The molecule has 2 aromatic carbocycles. The number of furan rings is 1. The van der Waals surface area contributed by atoms with Gasteiger partial charge in [-0.3, -0.25) is 14.7 Å². The third-order valence-electron chi connectivity index (χ3n) is 4.13. The highest BCUT2D eigenvalue weighted by molar-refractivity contribution is 7.98. The summed E-state index contributed by atoms with van der Waals surface area (Å²) in [7, 11) is 0. The fourth-order valence-corrected chi connectivity index (χ4v) is 3.68. The van der Waals surface area contributed by atoms with E-state index in [-0.39, 0.29) is 10.6 Å². The molecule has 0 amide bonds. The first-order valence-corrected chi connectivity index (χ1v) is 9.56. The molecule has 0 bridgehead atoms. The standard InChI is InChI=1S/C20H16N4O3S/c25-24(26)17-9-4-8-16(12-17)14-28-20-22-21-19(18-10-5-11-27-18)23(20)13-15-6-2-1-3-7-15/h1-12H,13-14H2. The van der Waals surface area contributed by atoms with Crippen molar-refractivity contribution >= 4 is 17.4 Å². The van der Waals surface area contributed by atoms with Gasteiger partial charge >= 0.3 is 0 Å². The minimum absolute atomic E-state index is 0.0835. The highest BCUT2D eigenvalue weighted by Gasteiger charge is 2.17. The van der Waals surface area contributed by atoms with Crippen molar-refractivity contribution in [1.82, 2.24) is 14.8 Å². The van der Waals surface area contributed by atoms with Gasteiger partial charge in [-0.05, 0) is 23.3 Å². The lowest BCUT2D eigenvalue weighted by molar-refractivity contribution is -0.384. The largest absolute Gasteiger partial charge is 0.461 e. The summed E-state index contributed by atoms with van der Waals surface area (Å²) in [4.78, 5) is 10.6. The van der Waals surface area contributed by atoms with Crippen LogP contribution in [-0.2, 0) is 12.3 Å². The molecular weight excluding hydrogens is 376 g/mol. The van der Waals surface area contributed by atoms with Crippen molar-refractivity contribution in [2.45, 2.75) is 17.5 Å². The number of nitro groups is 1. The van der Waals surface area contributed by atoms with Gasteiger partial charge in [0.2, 0.25) is 5.82 Å². The van der Waals surface area contributed by atoms with Crippen LogP contribution in [0.25, 0.3) is 11.6 Å². The maximum Gasteiger partial charge on any atom is 0.269 e. The Bertz CT molecular complexity index is 1080. The van der Waals surface area contributed by atoms with Crippen LogP contribution < -0.4 is 0 Å². The maximum absolute atomic E-state index is 11.0. The van der Waals surface area contributed by atoms with E-state index in [1.165, 1.54) is 17.8 Å². The lowest BCUT2D eigenvalue weighted by atomic mass is 10.2. The molecular formula is C20H16N4O3S. The molecule has 0 saturated heterocycles. The van der Waals surface area contributed by atoms with E-state index < -0.39 is 0 Å². The maximum atomic E-state index is 11.0. The first kappa shape index (κ1) is 18.0. The number of nitro benzene ring substituents is 1. The monoisotopic (exact) mass is 392 g/mol. The number of benzene rings is 2. The molecule has 0 spiro atoms. The molecule has 0 radical (unpaired) electrons. The SMILES string of the molecule is O=[N+]([O-])c1cccc(CSc2nnc(-c3ccco3)n2Cc2ccccc2)c1. The number of aromatic nitrogens is 3. The Kier molecular flexibility index (Phi) is 5.20. The van der Waals surface area contributed by atoms with E-state index in [4.69, 9.17) is 4.42 Å². The molecule has 0 aliphatic carbocycles.